The Bertz CT molecular complexity index is 325. The van der Waals surface area contributed by atoms with Gasteiger partial charge in [0.25, 0.3) is 0 Å². The van der Waals surface area contributed by atoms with Gasteiger partial charge in [0.1, 0.15) is 5.60 Å². The lowest BCUT2D eigenvalue weighted by molar-refractivity contribution is 0.0164. The SMILES string of the molecule is C=C1C2CCCCC1CN(C(=O)OC(C)(C)C)C2. The molecule has 102 valence electrons. The van der Waals surface area contributed by atoms with Crippen molar-refractivity contribution in [3.63, 3.8) is 0 Å². The molecule has 1 saturated heterocycles. The fraction of sp³-hybridized carbons (Fsp3) is 0.800. The summed E-state index contributed by atoms with van der Waals surface area (Å²) in [6.07, 6.45) is 4.72. The quantitative estimate of drug-likeness (QED) is 0.616. The zero-order chi connectivity index (χ0) is 13.3. The summed E-state index contributed by atoms with van der Waals surface area (Å²) in [4.78, 5) is 14.0. The third-order valence-electron chi connectivity index (χ3n) is 3.94. The van der Waals surface area contributed by atoms with E-state index in [2.05, 4.69) is 6.58 Å². The second-order valence-electron chi connectivity index (χ2n) is 6.64. The van der Waals surface area contributed by atoms with Gasteiger partial charge in [0.05, 0.1) is 0 Å². The maximum atomic E-state index is 12.1. The van der Waals surface area contributed by atoms with E-state index in [1.54, 1.807) is 0 Å². The van der Waals surface area contributed by atoms with Gasteiger partial charge in [-0.2, -0.15) is 0 Å². The van der Waals surface area contributed by atoms with Crippen LogP contribution >= 0.6 is 0 Å². The number of hydrogen-bond acceptors (Lipinski definition) is 2. The van der Waals surface area contributed by atoms with Crippen molar-refractivity contribution in [2.45, 2.75) is 52.1 Å². The average molecular weight is 251 g/mol. The lowest BCUT2D eigenvalue weighted by Crippen LogP contribution is -2.46. The number of rotatable bonds is 0. The molecule has 1 aliphatic heterocycles. The highest BCUT2D eigenvalue weighted by atomic mass is 16.6. The van der Waals surface area contributed by atoms with Crippen molar-refractivity contribution in [3.05, 3.63) is 12.2 Å². The Morgan fingerprint density at radius 3 is 2.17 bits per heavy atom. The summed E-state index contributed by atoms with van der Waals surface area (Å²) in [5, 5.41) is 0. The molecule has 2 aliphatic rings. The number of hydrogen-bond donors (Lipinski definition) is 0. The van der Waals surface area contributed by atoms with Crippen molar-refractivity contribution in [2.75, 3.05) is 13.1 Å². The highest BCUT2D eigenvalue weighted by Gasteiger charge is 2.35. The van der Waals surface area contributed by atoms with Crippen molar-refractivity contribution in [1.29, 1.82) is 0 Å². The minimum atomic E-state index is -0.406. The van der Waals surface area contributed by atoms with Gasteiger partial charge in [-0.1, -0.05) is 25.0 Å². The molecular formula is C15H25NO2. The molecular weight excluding hydrogens is 226 g/mol. The number of fused-ring (bicyclic) bond motifs is 2. The van der Waals surface area contributed by atoms with E-state index in [0.29, 0.717) is 11.8 Å². The Labute approximate surface area is 110 Å². The molecule has 18 heavy (non-hydrogen) atoms. The zero-order valence-electron chi connectivity index (χ0n) is 11.9. The molecule has 1 amide bonds. The van der Waals surface area contributed by atoms with Gasteiger partial charge in [-0.05, 0) is 45.4 Å². The van der Waals surface area contributed by atoms with Crippen LogP contribution in [0.1, 0.15) is 46.5 Å². The van der Waals surface area contributed by atoms with Gasteiger partial charge >= 0.3 is 6.09 Å². The van der Waals surface area contributed by atoms with E-state index in [4.69, 9.17) is 4.74 Å². The summed E-state index contributed by atoms with van der Waals surface area (Å²) in [5.74, 6) is 0.970. The van der Waals surface area contributed by atoms with Crippen molar-refractivity contribution in [2.24, 2.45) is 11.8 Å². The number of ether oxygens (including phenoxy) is 1. The normalized spacial score (nSPS) is 28.8. The maximum absolute atomic E-state index is 12.1. The molecule has 2 atom stereocenters. The van der Waals surface area contributed by atoms with E-state index in [9.17, 15) is 4.79 Å². The molecule has 3 nitrogen and oxygen atoms in total. The Balaban J connectivity index is 2.04. The molecule has 2 fully saturated rings. The third kappa shape index (κ3) is 3.06. The summed E-state index contributed by atoms with van der Waals surface area (Å²) in [6.45, 7) is 11.6. The molecule has 2 bridgehead atoms. The molecule has 0 aromatic rings. The largest absolute Gasteiger partial charge is 0.444 e. The third-order valence-corrected chi connectivity index (χ3v) is 3.94. The highest BCUT2D eigenvalue weighted by molar-refractivity contribution is 5.68. The van der Waals surface area contributed by atoms with Crippen LogP contribution in [0, 0.1) is 11.8 Å². The van der Waals surface area contributed by atoms with Crippen molar-refractivity contribution >= 4 is 6.09 Å². The van der Waals surface area contributed by atoms with Crippen molar-refractivity contribution in [1.82, 2.24) is 4.90 Å². The summed E-state index contributed by atoms with van der Waals surface area (Å²) in [6, 6.07) is 0. The van der Waals surface area contributed by atoms with Gasteiger partial charge in [-0.3, -0.25) is 0 Å². The number of carbonyl (C=O) groups is 1. The molecule has 0 radical (unpaired) electrons. The van der Waals surface area contributed by atoms with Crippen LogP contribution in [0.5, 0.6) is 0 Å². The first-order chi connectivity index (χ1) is 8.37. The fourth-order valence-corrected chi connectivity index (χ4v) is 2.98. The lowest BCUT2D eigenvalue weighted by Gasteiger charge is -2.38. The molecule has 3 heteroatoms. The lowest BCUT2D eigenvalue weighted by atomic mass is 9.83. The summed E-state index contributed by atoms with van der Waals surface area (Å²) < 4.78 is 5.48. The van der Waals surface area contributed by atoms with Crippen LogP contribution in [0.4, 0.5) is 4.79 Å². The fourth-order valence-electron chi connectivity index (χ4n) is 2.98. The van der Waals surface area contributed by atoms with Gasteiger partial charge in [0, 0.05) is 13.1 Å². The van der Waals surface area contributed by atoms with Crippen molar-refractivity contribution in [3.8, 4) is 0 Å². The first-order valence-corrected chi connectivity index (χ1v) is 7.03. The van der Waals surface area contributed by atoms with Gasteiger partial charge in [-0.15, -0.1) is 0 Å². The Hall–Kier alpha value is -0.990. The van der Waals surface area contributed by atoms with E-state index in [1.807, 2.05) is 25.7 Å². The molecule has 0 aromatic carbocycles. The Morgan fingerprint density at radius 2 is 1.72 bits per heavy atom. The molecule has 1 saturated carbocycles. The Kier molecular flexibility index (Phi) is 3.69. The van der Waals surface area contributed by atoms with E-state index >= 15 is 0 Å². The van der Waals surface area contributed by atoms with Gasteiger partial charge in [0.15, 0.2) is 0 Å². The van der Waals surface area contributed by atoms with Crippen LogP contribution in [0.25, 0.3) is 0 Å². The smallest absolute Gasteiger partial charge is 0.410 e. The van der Waals surface area contributed by atoms with Crippen LogP contribution in [-0.2, 0) is 4.74 Å². The van der Waals surface area contributed by atoms with Gasteiger partial charge in [0.2, 0.25) is 0 Å². The molecule has 1 heterocycles. The number of piperidine rings is 1. The second kappa shape index (κ2) is 4.94. The first-order valence-electron chi connectivity index (χ1n) is 7.03. The number of carbonyl (C=O) groups excluding carboxylic acids is 1. The van der Waals surface area contributed by atoms with Gasteiger partial charge < -0.3 is 9.64 Å². The molecule has 0 aromatic heterocycles. The number of likely N-dealkylation sites (tertiary alicyclic amines) is 1. The molecule has 1 aliphatic carbocycles. The maximum Gasteiger partial charge on any atom is 0.410 e. The molecule has 2 rings (SSSR count). The van der Waals surface area contributed by atoms with Gasteiger partial charge in [-0.25, -0.2) is 4.79 Å². The number of nitrogens with zero attached hydrogens (tertiary/aromatic N) is 1. The minimum Gasteiger partial charge on any atom is -0.444 e. The predicted octanol–water partition coefficient (Wildman–Crippen LogP) is 3.60. The molecule has 0 spiro atoms. The predicted molar refractivity (Wildman–Crippen MR) is 72.4 cm³/mol. The highest BCUT2D eigenvalue weighted by Crippen LogP contribution is 2.37. The minimum absolute atomic E-state index is 0.160. The van der Waals surface area contributed by atoms with E-state index in [0.717, 1.165) is 13.1 Å². The molecule has 0 N–H and O–H groups in total. The van der Waals surface area contributed by atoms with E-state index in [1.165, 1.54) is 31.3 Å². The Morgan fingerprint density at radius 1 is 1.22 bits per heavy atom. The van der Waals surface area contributed by atoms with Crippen LogP contribution in [0.3, 0.4) is 0 Å². The summed E-state index contributed by atoms with van der Waals surface area (Å²) in [5.41, 5.74) is 0.962. The van der Waals surface area contributed by atoms with Crippen LogP contribution < -0.4 is 0 Å². The second-order valence-corrected chi connectivity index (χ2v) is 6.64. The van der Waals surface area contributed by atoms with Crippen LogP contribution in [0.15, 0.2) is 12.2 Å². The topological polar surface area (TPSA) is 29.5 Å². The number of amides is 1. The first kappa shape index (κ1) is 13.4. The zero-order valence-corrected chi connectivity index (χ0v) is 11.9. The molecule has 2 unspecified atom stereocenters. The van der Waals surface area contributed by atoms with Crippen LogP contribution in [0.2, 0.25) is 0 Å². The van der Waals surface area contributed by atoms with Crippen molar-refractivity contribution < 1.29 is 9.53 Å². The monoisotopic (exact) mass is 251 g/mol. The average Bonchev–Trinajstić information content (AvgIpc) is 2.36. The van der Waals surface area contributed by atoms with Crippen LogP contribution in [-0.4, -0.2) is 29.7 Å². The van der Waals surface area contributed by atoms with E-state index in [-0.39, 0.29) is 6.09 Å². The summed E-state index contributed by atoms with van der Waals surface area (Å²) >= 11 is 0. The standard InChI is InChI=1S/C15H25NO2/c1-11-12-7-5-6-8-13(11)10-16(9-12)14(17)18-15(2,3)4/h12-13H,1,5-10H2,2-4H3. The van der Waals surface area contributed by atoms with E-state index < -0.39 is 5.60 Å². The summed E-state index contributed by atoms with van der Waals surface area (Å²) in [7, 11) is 0.